The molecule has 0 aromatic heterocycles. The van der Waals surface area contributed by atoms with Gasteiger partial charge in [-0.25, -0.2) is 0 Å². The molecule has 0 heterocycles. The van der Waals surface area contributed by atoms with Gasteiger partial charge in [-0.15, -0.1) is 0 Å². The topological polar surface area (TPSA) is 23.6 Å². The quantitative estimate of drug-likeness (QED) is 0.792. The van der Waals surface area contributed by atoms with Crippen LogP contribution in [0.15, 0.2) is 24.3 Å². The maximum atomic E-state index is 11.9. The fourth-order valence-corrected chi connectivity index (χ4v) is 2.08. The predicted molar refractivity (Wildman–Crippen MR) is 75.7 cm³/mol. The van der Waals surface area contributed by atoms with E-state index in [1.807, 2.05) is 55.0 Å². The maximum Gasteiger partial charge on any atom is 0.236 e. The summed E-state index contributed by atoms with van der Waals surface area (Å²) in [5.74, 6) is 0.162. The number of benzene rings is 1. The lowest BCUT2D eigenvalue weighted by atomic mass is 10.2. The molecular weight excluding hydrogens is 248 g/mol. The van der Waals surface area contributed by atoms with Gasteiger partial charge in [0.2, 0.25) is 5.91 Å². The van der Waals surface area contributed by atoms with Crippen molar-refractivity contribution < 1.29 is 4.79 Å². The number of carbonyl (C=O) groups is 1. The Morgan fingerprint density at radius 2 is 1.83 bits per heavy atom. The second-order valence-electron chi connectivity index (χ2n) is 4.33. The third kappa shape index (κ3) is 4.31. The van der Waals surface area contributed by atoms with Crippen molar-refractivity contribution >= 4 is 17.5 Å². The number of likely N-dealkylation sites (N-methyl/N-ethyl adjacent to an activating group) is 2. The van der Waals surface area contributed by atoms with Crippen molar-refractivity contribution in [1.82, 2.24) is 9.80 Å². The van der Waals surface area contributed by atoms with Crippen LogP contribution in [0.3, 0.4) is 0 Å². The van der Waals surface area contributed by atoms with Crippen LogP contribution in [0, 0.1) is 0 Å². The molecule has 0 spiro atoms. The Morgan fingerprint density at radius 1 is 1.22 bits per heavy atom. The van der Waals surface area contributed by atoms with E-state index in [1.165, 1.54) is 0 Å². The first-order valence-electron chi connectivity index (χ1n) is 6.28. The second kappa shape index (κ2) is 7.39. The second-order valence-corrected chi connectivity index (χ2v) is 4.74. The lowest BCUT2D eigenvalue weighted by Crippen LogP contribution is -2.38. The van der Waals surface area contributed by atoms with Gasteiger partial charge < -0.3 is 4.90 Å². The minimum atomic E-state index is 0.162. The monoisotopic (exact) mass is 268 g/mol. The molecule has 1 amide bonds. The molecule has 0 atom stereocenters. The van der Waals surface area contributed by atoms with E-state index >= 15 is 0 Å². The summed E-state index contributed by atoms with van der Waals surface area (Å²) in [6, 6.07) is 7.73. The molecule has 0 radical (unpaired) electrons. The summed E-state index contributed by atoms with van der Waals surface area (Å²) in [5, 5.41) is 0.750. The predicted octanol–water partition coefficient (Wildman–Crippen LogP) is 2.64. The van der Waals surface area contributed by atoms with E-state index in [0.717, 1.165) is 23.7 Å². The molecule has 0 saturated heterocycles. The number of rotatable bonds is 6. The summed E-state index contributed by atoms with van der Waals surface area (Å²) in [4.78, 5) is 15.8. The molecule has 1 rings (SSSR count). The molecule has 0 aliphatic heterocycles. The lowest BCUT2D eigenvalue weighted by molar-refractivity contribution is -0.131. The Labute approximate surface area is 114 Å². The van der Waals surface area contributed by atoms with Crippen LogP contribution in [0.2, 0.25) is 5.02 Å². The number of nitrogens with zero attached hydrogens (tertiary/aromatic N) is 2. The Morgan fingerprint density at radius 3 is 2.39 bits per heavy atom. The number of halogens is 1. The average molecular weight is 269 g/mol. The number of hydrogen-bond donors (Lipinski definition) is 0. The molecule has 0 N–H and O–H groups in total. The van der Waals surface area contributed by atoms with Gasteiger partial charge in [0.05, 0.1) is 6.54 Å². The minimum absolute atomic E-state index is 0.162. The van der Waals surface area contributed by atoms with Crippen LogP contribution < -0.4 is 0 Å². The molecule has 0 saturated carbocycles. The summed E-state index contributed by atoms with van der Waals surface area (Å²) in [6.45, 7) is 6.62. The number of amides is 1. The van der Waals surface area contributed by atoms with Gasteiger partial charge in [0.15, 0.2) is 0 Å². The zero-order valence-electron chi connectivity index (χ0n) is 11.3. The van der Waals surface area contributed by atoms with Crippen LogP contribution >= 0.6 is 11.6 Å². The summed E-state index contributed by atoms with van der Waals surface area (Å²) < 4.78 is 0. The van der Waals surface area contributed by atoms with Crippen molar-refractivity contribution in [1.29, 1.82) is 0 Å². The van der Waals surface area contributed by atoms with Gasteiger partial charge in [0.25, 0.3) is 0 Å². The zero-order valence-corrected chi connectivity index (χ0v) is 12.1. The zero-order chi connectivity index (χ0) is 13.5. The van der Waals surface area contributed by atoms with Gasteiger partial charge in [-0.2, -0.15) is 0 Å². The highest BCUT2D eigenvalue weighted by atomic mass is 35.5. The lowest BCUT2D eigenvalue weighted by Gasteiger charge is -2.23. The van der Waals surface area contributed by atoms with Crippen LogP contribution in [-0.4, -0.2) is 42.4 Å². The number of hydrogen-bond acceptors (Lipinski definition) is 2. The smallest absolute Gasteiger partial charge is 0.236 e. The first-order chi connectivity index (χ1) is 8.58. The van der Waals surface area contributed by atoms with Crippen molar-refractivity contribution in [2.24, 2.45) is 0 Å². The van der Waals surface area contributed by atoms with E-state index < -0.39 is 0 Å². The molecule has 0 aliphatic carbocycles. The normalized spacial score (nSPS) is 10.7. The summed E-state index contributed by atoms with van der Waals surface area (Å²) >= 11 is 6.10. The molecule has 4 heteroatoms. The molecule has 0 bridgehead atoms. The van der Waals surface area contributed by atoms with Crippen molar-refractivity contribution in [3.63, 3.8) is 0 Å². The average Bonchev–Trinajstić information content (AvgIpc) is 2.33. The van der Waals surface area contributed by atoms with Crippen molar-refractivity contribution in [3.05, 3.63) is 34.9 Å². The minimum Gasteiger partial charge on any atom is -0.342 e. The molecule has 0 unspecified atom stereocenters. The van der Waals surface area contributed by atoms with E-state index in [-0.39, 0.29) is 5.91 Å². The van der Waals surface area contributed by atoms with Crippen molar-refractivity contribution in [2.45, 2.75) is 20.4 Å². The molecule has 18 heavy (non-hydrogen) atoms. The fourth-order valence-electron chi connectivity index (χ4n) is 1.88. The van der Waals surface area contributed by atoms with E-state index in [1.54, 1.807) is 0 Å². The Bertz CT molecular complexity index is 391. The SMILES string of the molecule is CCN(CC)C(=O)CN(C)Cc1ccccc1Cl. The Hall–Kier alpha value is -1.06. The van der Waals surface area contributed by atoms with Crippen LogP contribution in [0.4, 0.5) is 0 Å². The third-order valence-electron chi connectivity index (χ3n) is 2.92. The van der Waals surface area contributed by atoms with Gasteiger partial charge in [-0.1, -0.05) is 29.8 Å². The molecule has 0 fully saturated rings. The number of carbonyl (C=O) groups excluding carboxylic acids is 1. The van der Waals surface area contributed by atoms with E-state index in [9.17, 15) is 4.79 Å². The van der Waals surface area contributed by atoms with Gasteiger partial charge in [0.1, 0.15) is 0 Å². The molecule has 0 aliphatic rings. The van der Waals surface area contributed by atoms with Gasteiger partial charge >= 0.3 is 0 Å². The van der Waals surface area contributed by atoms with Gasteiger partial charge in [-0.3, -0.25) is 9.69 Å². The molecule has 1 aromatic rings. The van der Waals surface area contributed by atoms with Crippen molar-refractivity contribution in [2.75, 3.05) is 26.7 Å². The third-order valence-corrected chi connectivity index (χ3v) is 3.29. The molecule has 3 nitrogen and oxygen atoms in total. The highest BCUT2D eigenvalue weighted by molar-refractivity contribution is 6.31. The fraction of sp³-hybridized carbons (Fsp3) is 0.500. The molecule has 100 valence electrons. The van der Waals surface area contributed by atoms with Crippen LogP contribution in [-0.2, 0) is 11.3 Å². The van der Waals surface area contributed by atoms with Crippen LogP contribution in [0.25, 0.3) is 0 Å². The maximum absolute atomic E-state index is 11.9. The molecule has 1 aromatic carbocycles. The molecular formula is C14H21ClN2O. The standard InChI is InChI=1S/C14H21ClN2O/c1-4-17(5-2)14(18)11-16(3)10-12-8-6-7-9-13(12)15/h6-9H,4-5,10-11H2,1-3H3. The van der Waals surface area contributed by atoms with Crippen LogP contribution in [0.5, 0.6) is 0 Å². The Balaban J connectivity index is 2.54. The first kappa shape index (κ1) is 15.0. The highest BCUT2D eigenvalue weighted by Crippen LogP contribution is 2.16. The van der Waals surface area contributed by atoms with Gasteiger partial charge in [-0.05, 0) is 32.5 Å². The van der Waals surface area contributed by atoms with E-state index in [4.69, 9.17) is 11.6 Å². The van der Waals surface area contributed by atoms with Gasteiger partial charge in [0, 0.05) is 24.7 Å². The van der Waals surface area contributed by atoms with Crippen LogP contribution in [0.1, 0.15) is 19.4 Å². The first-order valence-corrected chi connectivity index (χ1v) is 6.66. The highest BCUT2D eigenvalue weighted by Gasteiger charge is 2.13. The summed E-state index contributed by atoms with van der Waals surface area (Å²) in [7, 11) is 1.94. The van der Waals surface area contributed by atoms with Crippen molar-refractivity contribution in [3.8, 4) is 0 Å². The summed E-state index contributed by atoms with van der Waals surface area (Å²) in [6.07, 6.45) is 0. The van der Waals surface area contributed by atoms with E-state index in [0.29, 0.717) is 13.1 Å². The van der Waals surface area contributed by atoms with E-state index in [2.05, 4.69) is 0 Å². The Kier molecular flexibility index (Phi) is 6.16. The summed E-state index contributed by atoms with van der Waals surface area (Å²) in [5.41, 5.74) is 1.05. The largest absolute Gasteiger partial charge is 0.342 e.